The van der Waals surface area contributed by atoms with Gasteiger partial charge in [-0.15, -0.1) is 0 Å². The van der Waals surface area contributed by atoms with E-state index in [9.17, 15) is 14.4 Å². The number of carbonyl (C=O) groups excluding carboxylic acids is 1. The minimum atomic E-state index is -0.719. The maximum Gasteiger partial charge on any atom is 0.344 e. The van der Waals surface area contributed by atoms with Crippen molar-refractivity contribution < 1.29 is 4.79 Å². The second-order valence-electron chi connectivity index (χ2n) is 2.32. The number of hydrogen-bond acceptors (Lipinski definition) is 4. The first-order chi connectivity index (χ1) is 6.07. The van der Waals surface area contributed by atoms with Gasteiger partial charge in [0.2, 0.25) is 5.69 Å². The van der Waals surface area contributed by atoms with E-state index in [2.05, 4.69) is 10.4 Å². The highest BCUT2D eigenvalue weighted by molar-refractivity contribution is 5.91. The molecule has 2 N–H and O–H groups in total. The van der Waals surface area contributed by atoms with Crippen LogP contribution in [0.15, 0.2) is 9.59 Å². The van der Waals surface area contributed by atoms with Gasteiger partial charge < -0.3 is 5.32 Å². The first kappa shape index (κ1) is 9.17. The van der Waals surface area contributed by atoms with Gasteiger partial charge >= 0.3 is 5.69 Å². The summed E-state index contributed by atoms with van der Waals surface area (Å²) in [4.78, 5) is 33.0. The number of nitrogens with one attached hydrogen (secondary N) is 2. The van der Waals surface area contributed by atoms with Crippen LogP contribution in [0.1, 0.15) is 10.5 Å². The molecular weight excluding hydrogens is 176 g/mol. The highest BCUT2D eigenvalue weighted by Gasteiger charge is 2.12. The van der Waals surface area contributed by atoms with E-state index in [-0.39, 0.29) is 5.69 Å². The number of rotatable bonds is 1. The smallest absolute Gasteiger partial charge is 0.344 e. The van der Waals surface area contributed by atoms with Crippen LogP contribution in [0.3, 0.4) is 0 Å². The summed E-state index contributed by atoms with van der Waals surface area (Å²) in [5.74, 6) is -0.628. The molecule has 0 spiro atoms. The molecule has 1 amide bonds. The lowest BCUT2D eigenvalue weighted by molar-refractivity contribution is 0.0954. The van der Waals surface area contributed by atoms with Crippen molar-refractivity contribution in [1.82, 2.24) is 20.1 Å². The van der Waals surface area contributed by atoms with Crippen molar-refractivity contribution in [2.24, 2.45) is 7.05 Å². The molecule has 1 heterocycles. The van der Waals surface area contributed by atoms with Gasteiger partial charge in [0, 0.05) is 14.1 Å². The van der Waals surface area contributed by atoms with E-state index in [1.165, 1.54) is 14.1 Å². The molecule has 0 atom stereocenters. The van der Waals surface area contributed by atoms with Crippen molar-refractivity contribution in [3.63, 3.8) is 0 Å². The Balaban J connectivity index is 3.44. The van der Waals surface area contributed by atoms with Crippen molar-refractivity contribution in [3.8, 4) is 0 Å². The van der Waals surface area contributed by atoms with Gasteiger partial charge in [0.1, 0.15) is 0 Å². The van der Waals surface area contributed by atoms with Crippen LogP contribution in [0.4, 0.5) is 0 Å². The largest absolute Gasteiger partial charge is 0.354 e. The van der Waals surface area contributed by atoms with E-state index in [1.54, 1.807) is 0 Å². The van der Waals surface area contributed by atoms with Gasteiger partial charge in [0.05, 0.1) is 0 Å². The average Bonchev–Trinajstić information content (AvgIpc) is 2.13. The molecule has 0 aliphatic carbocycles. The quantitative estimate of drug-likeness (QED) is 0.519. The van der Waals surface area contributed by atoms with E-state index >= 15 is 0 Å². The van der Waals surface area contributed by atoms with E-state index in [0.717, 1.165) is 4.57 Å². The average molecular weight is 184 g/mol. The van der Waals surface area contributed by atoms with Crippen molar-refractivity contribution in [2.45, 2.75) is 0 Å². The van der Waals surface area contributed by atoms with Gasteiger partial charge in [0.15, 0.2) is 0 Å². The maximum absolute atomic E-state index is 11.2. The van der Waals surface area contributed by atoms with E-state index in [4.69, 9.17) is 0 Å². The van der Waals surface area contributed by atoms with Crippen molar-refractivity contribution >= 4 is 5.91 Å². The second-order valence-corrected chi connectivity index (χ2v) is 2.32. The number of amides is 1. The van der Waals surface area contributed by atoms with E-state index in [1.807, 2.05) is 5.10 Å². The molecule has 1 aromatic heterocycles. The van der Waals surface area contributed by atoms with Gasteiger partial charge in [0.25, 0.3) is 11.5 Å². The van der Waals surface area contributed by atoms with Gasteiger partial charge in [-0.05, 0) is 0 Å². The molecule has 0 saturated heterocycles. The van der Waals surface area contributed by atoms with Crippen LogP contribution >= 0.6 is 0 Å². The van der Waals surface area contributed by atoms with Crippen LogP contribution in [0.2, 0.25) is 0 Å². The lowest BCUT2D eigenvalue weighted by atomic mass is 10.4. The molecule has 0 unspecified atom stereocenters. The Hall–Kier alpha value is -1.92. The Labute approximate surface area is 72.4 Å². The van der Waals surface area contributed by atoms with E-state index in [0.29, 0.717) is 0 Å². The van der Waals surface area contributed by atoms with Gasteiger partial charge in [-0.2, -0.15) is 5.10 Å². The Morgan fingerprint density at radius 1 is 1.54 bits per heavy atom. The maximum atomic E-state index is 11.2. The fraction of sp³-hybridized carbons (Fsp3) is 0.333. The summed E-state index contributed by atoms with van der Waals surface area (Å²) >= 11 is 0. The molecule has 0 saturated carbocycles. The van der Waals surface area contributed by atoms with Crippen LogP contribution < -0.4 is 16.6 Å². The molecule has 0 aliphatic heterocycles. The normalized spacial score (nSPS) is 9.69. The summed E-state index contributed by atoms with van der Waals surface area (Å²) < 4.78 is 0.775. The van der Waals surface area contributed by atoms with Crippen LogP contribution in [0.25, 0.3) is 0 Å². The summed E-state index contributed by atoms with van der Waals surface area (Å²) in [6.45, 7) is 0. The third-order valence-electron chi connectivity index (χ3n) is 1.52. The summed E-state index contributed by atoms with van der Waals surface area (Å²) in [6.07, 6.45) is 0. The number of aromatic nitrogens is 3. The molecule has 0 radical (unpaired) electrons. The van der Waals surface area contributed by atoms with Crippen LogP contribution in [-0.4, -0.2) is 27.7 Å². The third-order valence-corrected chi connectivity index (χ3v) is 1.52. The number of nitrogens with zero attached hydrogens (tertiary/aromatic N) is 2. The van der Waals surface area contributed by atoms with Crippen molar-refractivity contribution in [1.29, 1.82) is 0 Å². The molecule has 0 fully saturated rings. The predicted octanol–water partition coefficient (Wildman–Crippen LogP) is -2.17. The van der Waals surface area contributed by atoms with Gasteiger partial charge in [-0.25, -0.2) is 9.89 Å². The second kappa shape index (κ2) is 3.21. The molecule has 7 nitrogen and oxygen atoms in total. The topological polar surface area (TPSA) is 96.8 Å². The molecule has 0 aromatic carbocycles. The first-order valence-corrected chi connectivity index (χ1v) is 3.45. The molecule has 0 bridgehead atoms. The number of H-pyrrole nitrogens is 1. The lowest BCUT2D eigenvalue weighted by Crippen LogP contribution is -2.40. The van der Waals surface area contributed by atoms with Gasteiger partial charge in [-0.3, -0.25) is 14.2 Å². The molecule has 1 aromatic rings. The molecular formula is C6H8N4O3. The molecule has 13 heavy (non-hydrogen) atoms. The number of carbonyl (C=O) groups is 1. The highest BCUT2D eigenvalue weighted by Crippen LogP contribution is 1.77. The van der Waals surface area contributed by atoms with Gasteiger partial charge in [-0.1, -0.05) is 0 Å². The van der Waals surface area contributed by atoms with Crippen LogP contribution in [0.5, 0.6) is 0 Å². The summed E-state index contributed by atoms with van der Waals surface area (Å²) in [7, 11) is 2.63. The lowest BCUT2D eigenvalue weighted by Gasteiger charge is -1.98. The molecule has 7 heteroatoms. The molecule has 1 rings (SSSR count). The predicted molar refractivity (Wildman–Crippen MR) is 43.5 cm³/mol. The molecule has 70 valence electrons. The van der Waals surface area contributed by atoms with Crippen molar-refractivity contribution in [2.75, 3.05) is 7.05 Å². The zero-order valence-electron chi connectivity index (χ0n) is 7.12. The summed E-state index contributed by atoms with van der Waals surface area (Å²) in [6, 6.07) is 0. The summed E-state index contributed by atoms with van der Waals surface area (Å²) in [5.41, 5.74) is -1.70. The monoisotopic (exact) mass is 184 g/mol. The molecule has 0 aliphatic rings. The fourth-order valence-corrected chi connectivity index (χ4v) is 0.744. The first-order valence-electron chi connectivity index (χ1n) is 3.45. The Morgan fingerprint density at radius 2 is 2.15 bits per heavy atom. The van der Waals surface area contributed by atoms with Crippen LogP contribution in [0, 0.1) is 0 Å². The van der Waals surface area contributed by atoms with E-state index < -0.39 is 17.2 Å². The Bertz CT molecular complexity index is 444. The fourth-order valence-electron chi connectivity index (χ4n) is 0.744. The Morgan fingerprint density at radius 3 is 2.69 bits per heavy atom. The van der Waals surface area contributed by atoms with Crippen LogP contribution in [-0.2, 0) is 7.05 Å². The number of aromatic amines is 1. The zero-order chi connectivity index (χ0) is 10.0. The Kier molecular flexibility index (Phi) is 2.27. The highest BCUT2D eigenvalue weighted by atomic mass is 16.2. The minimum Gasteiger partial charge on any atom is -0.354 e. The zero-order valence-corrected chi connectivity index (χ0v) is 7.12. The minimum absolute atomic E-state index is 0.329. The SMILES string of the molecule is CNC(=O)c1n[nH]c(=O)n(C)c1=O. The van der Waals surface area contributed by atoms with Crippen molar-refractivity contribution in [3.05, 3.63) is 26.5 Å². The third kappa shape index (κ3) is 1.48. The standard InChI is InChI=1S/C6H8N4O3/c1-7-4(11)3-5(12)10(2)6(13)9-8-3/h1-2H3,(H,7,11)(H,9,13). The number of hydrogen-bond donors (Lipinski definition) is 2. The summed E-state index contributed by atoms with van der Waals surface area (Å²) in [5, 5.41) is 7.58.